The number of amides is 1. The average Bonchev–Trinajstić information content (AvgIpc) is 3.15. The van der Waals surface area contributed by atoms with Crippen LogP contribution in [-0.2, 0) is 20.6 Å². The molecule has 0 atom stereocenters. The number of benzene rings is 1. The summed E-state index contributed by atoms with van der Waals surface area (Å²) in [7, 11) is -3.39. The maximum absolute atomic E-state index is 12.7. The van der Waals surface area contributed by atoms with Gasteiger partial charge in [-0.1, -0.05) is 66.8 Å². The van der Waals surface area contributed by atoms with Crippen LogP contribution < -0.4 is 5.32 Å². The molecule has 0 radical (unpaired) electrons. The quantitative estimate of drug-likeness (QED) is 0.468. The Kier molecular flexibility index (Phi) is 7.89. The third kappa shape index (κ3) is 6.50. The van der Waals surface area contributed by atoms with Crippen molar-refractivity contribution in [3.05, 3.63) is 35.4 Å². The Labute approximate surface area is 186 Å². The second kappa shape index (κ2) is 10.2. The first-order valence-corrected chi connectivity index (χ1v) is 13.4. The molecule has 2 heterocycles. The van der Waals surface area contributed by atoms with E-state index in [0.717, 1.165) is 21.2 Å². The van der Waals surface area contributed by atoms with Crippen LogP contribution in [0, 0.1) is 18.8 Å². The molecule has 0 saturated carbocycles. The molecule has 1 fully saturated rings. The normalized spacial score (nSPS) is 16.1. The standard InChI is InChI=1S/C20H28N4O3S3/c1-14(2)12-28-20-23-22-19(29-20)21-18(25)17-8-10-24(11-9-17)30(26,27)13-16-6-4-15(3)5-7-16/h4-7,14,17H,8-13H2,1-3H3,(H,21,22,25). The van der Waals surface area contributed by atoms with E-state index in [0.29, 0.717) is 37.0 Å². The Morgan fingerprint density at radius 1 is 1.23 bits per heavy atom. The summed E-state index contributed by atoms with van der Waals surface area (Å²) >= 11 is 3.01. The van der Waals surface area contributed by atoms with Crippen LogP contribution in [0.2, 0.25) is 0 Å². The fourth-order valence-corrected chi connectivity index (χ4v) is 6.44. The van der Waals surface area contributed by atoms with Crippen molar-refractivity contribution in [2.45, 2.75) is 43.7 Å². The molecular weight excluding hydrogens is 440 g/mol. The van der Waals surface area contributed by atoms with Gasteiger partial charge in [-0.2, -0.15) is 0 Å². The van der Waals surface area contributed by atoms with Gasteiger partial charge >= 0.3 is 0 Å². The molecule has 0 bridgehead atoms. The number of hydrogen-bond donors (Lipinski definition) is 1. The van der Waals surface area contributed by atoms with Gasteiger partial charge in [0.15, 0.2) is 4.34 Å². The number of aryl methyl sites for hydroxylation is 1. The molecule has 10 heteroatoms. The number of piperidine rings is 1. The predicted molar refractivity (Wildman–Crippen MR) is 122 cm³/mol. The van der Waals surface area contributed by atoms with E-state index in [-0.39, 0.29) is 17.6 Å². The smallest absolute Gasteiger partial charge is 0.229 e. The molecule has 1 N–H and O–H groups in total. The highest BCUT2D eigenvalue weighted by Gasteiger charge is 2.31. The van der Waals surface area contributed by atoms with Crippen LogP contribution in [0.1, 0.15) is 37.8 Å². The van der Waals surface area contributed by atoms with Gasteiger partial charge in [-0.25, -0.2) is 12.7 Å². The van der Waals surface area contributed by atoms with Crippen LogP contribution in [0.5, 0.6) is 0 Å². The lowest BCUT2D eigenvalue weighted by Crippen LogP contribution is -2.41. The molecule has 1 aromatic heterocycles. The molecular formula is C20H28N4O3S3. The Balaban J connectivity index is 1.49. The SMILES string of the molecule is Cc1ccc(CS(=O)(=O)N2CCC(C(=O)Nc3nnc(SCC(C)C)s3)CC2)cc1. The number of carbonyl (C=O) groups excluding carboxylic acids is 1. The monoisotopic (exact) mass is 468 g/mol. The lowest BCUT2D eigenvalue weighted by atomic mass is 9.97. The number of nitrogens with zero attached hydrogens (tertiary/aromatic N) is 3. The van der Waals surface area contributed by atoms with Crippen LogP contribution in [0.4, 0.5) is 5.13 Å². The highest BCUT2D eigenvalue weighted by atomic mass is 32.2. The van der Waals surface area contributed by atoms with Crippen LogP contribution in [-0.4, -0.2) is 47.7 Å². The van der Waals surface area contributed by atoms with Crippen molar-refractivity contribution in [1.29, 1.82) is 0 Å². The lowest BCUT2D eigenvalue weighted by molar-refractivity contribution is -0.120. The number of sulfonamides is 1. The van der Waals surface area contributed by atoms with Crippen molar-refractivity contribution in [3.63, 3.8) is 0 Å². The first-order valence-electron chi connectivity index (χ1n) is 10.0. The minimum absolute atomic E-state index is 0.00819. The van der Waals surface area contributed by atoms with Crippen LogP contribution in [0.25, 0.3) is 0 Å². The van der Waals surface area contributed by atoms with Crippen molar-refractivity contribution >= 4 is 44.2 Å². The molecule has 0 spiro atoms. The minimum Gasteiger partial charge on any atom is -0.300 e. The van der Waals surface area contributed by atoms with Crippen LogP contribution >= 0.6 is 23.1 Å². The van der Waals surface area contributed by atoms with E-state index in [1.54, 1.807) is 11.8 Å². The van der Waals surface area contributed by atoms with E-state index in [1.165, 1.54) is 15.6 Å². The van der Waals surface area contributed by atoms with Gasteiger partial charge < -0.3 is 5.32 Å². The number of nitrogens with one attached hydrogen (secondary N) is 1. The Morgan fingerprint density at radius 3 is 2.53 bits per heavy atom. The summed E-state index contributed by atoms with van der Waals surface area (Å²) in [6, 6.07) is 7.54. The second-order valence-electron chi connectivity index (χ2n) is 7.98. The Bertz CT molecular complexity index is 950. The van der Waals surface area contributed by atoms with E-state index in [4.69, 9.17) is 0 Å². The Hall–Kier alpha value is -1.49. The number of hydrogen-bond acceptors (Lipinski definition) is 7. The summed E-state index contributed by atoms with van der Waals surface area (Å²) < 4.78 is 27.8. The third-order valence-electron chi connectivity index (χ3n) is 4.86. The zero-order valence-electron chi connectivity index (χ0n) is 17.5. The zero-order valence-corrected chi connectivity index (χ0v) is 19.9. The van der Waals surface area contributed by atoms with Gasteiger partial charge in [0.2, 0.25) is 21.1 Å². The van der Waals surface area contributed by atoms with Gasteiger partial charge in [0.05, 0.1) is 5.75 Å². The first-order chi connectivity index (χ1) is 14.2. The van der Waals surface area contributed by atoms with Gasteiger partial charge in [-0.3, -0.25) is 4.79 Å². The van der Waals surface area contributed by atoms with Crippen LogP contribution in [0.15, 0.2) is 28.6 Å². The maximum Gasteiger partial charge on any atom is 0.229 e. The molecule has 1 aliphatic heterocycles. The molecule has 3 rings (SSSR count). The maximum atomic E-state index is 12.7. The largest absolute Gasteiger partial charge is 0.300 e. The molecule has 164 valence electrons. The van der Waals surface area contributed by atoms with Gasteiger partial charge in [0.1, 0.15) is 0 Å². The van der Waals surface area contributed by atoms with E-state index in [9.17, 15) is 13.2 Å². The fraction of sp³-hybridized carbons (Fsp3) is 0.550. The zero-order chi connectivity index (χ0) is 21.7. The summed E-state index contributed by atoms with van der Waals surface area (Å²) in [6.45, 7) is 6.98. The second-order valence-corrected chi connectivity index (χ2v) is 12.2. The summed E-state index contributed by atoms with van der Waals surface area (Å²) in [5.41, 5.74) is 1.88. The summed E-state index contributed by atoms with van der Waals surface area (Å²) in [4.78, 5) is 12.6. The van der Waals surface area contributed by atoms with Crippen LogP contribution in [0.3, 0.4) is 0 Å². The van der Waals surface area contributed by atoms with E-state index in [1.807, 2.05) is 31.2 Å². The molecule has 0 unspecified atom stereocenters. The topological polar surface area (TPSA) is 92.3 Å². The molecule has 0 aliphatic carbocycles. The number of anilines is 1. The number of rotatable bonds is 8. The summed E-state index contributed by atoms with van der Waals surface area (Å²) in [5, 5.41) is 11.5. The average molecular weight is 469 g/mol. The molecule has 1 aliphatic rings. The Morgan fingerprint density at radius 2 is 1.90 bits per heavy atom. The van der Waals surface area contributed by atoms with E-state index < -0.39 is 10.0 Å². The van der Waals surface area contributed by atoms with Crippen molar-refractivity contribution in [2.75, 3.05) is 24.2 Å². The van der Waals surface area contributed by atoms with Gasteiger partial charge in [0.25, 0.3) is 0 Å². The molecule has 1 amide bonds. The van der Waals surface area contributed by atoms with Crippen molar-refractivity contribution in [1.82, 2.24) is 14.5 Å². The fourth-order valence-electron chi connectivity index (χ4n) is 3.15. The third-order valence-corrected chi connectivity index (χ3v) is 9.11. The lowest BCUT2D eigenvalue weighted by Gasteiger charge is -2.30. The van der Waals surface area contributed by atoms with E-state index >= 15 is 0 Å². The molecule has 1 saturated heterocycles. The molecule has 2 aromatic rings. The minimum atomic E-state index is -3.39. The van der Waals surface area contributed by atoms with Crippen molar-refractivity contribution in [2.24, 2.45) is 11.8 Å². The van der Waals surface area contributed by atoms with Gasteiger partial charge in [-0.05, 0) is 31.2 Å². The number of aromatic nitrogens is 2. The summed E-state index contributed by atoms with van der Waals surface area (Å²) in [6.07, 6.45) is 1.01. The predicted octanol–water partition coefficient (Wildman–Crippen LogP) is 3.78. The molecule has 30 heavy (non-hydrogen) atoms. The highest BCUT2D eigenvalue weighted by molar-refractivity contribution is 8.01. The first kappa shape index (κ1) is 23.2. The molecule has 1 aromatic carbocycles. The molecule has 7 nitrogen and oxygen atoms in total. The summed E-state index contributed by atoms with van der Waals surface area (Å²) in [5.74, 6) is 1.18. The van der Waals surface area contributed by atoms with Gasteiger partial charge in [-0.15, -0.1) is 10.2 Å². The number of thioether (sulfide) groups is 1. The van der Waals surface area contributed by atoms with Crippen molar-refractivity contribution < 1.29 is 13.2 Å². The van der Waals surface area contributed by atoms with Gasteiger partial charge in [0, 0.05) is 24.8 Å². The van der Waals surface area contributed by atoms with Crippen molar-refractivity contribution in [3.8, 4) is 0 Å². The highest BCUT2D eigenvalue weighted by Crippen LogP contribution is 2.28. The number of carbonyl (C=O) groups is 1. The van der Waals surface area contributed by atoms with E-state index in [2.05, 4.69) is 29.4 Å².